The first kappa shape index (κ1) is 12.9. The van der Waals surface area contributed by atoms with Crippen molar-refractivity contribution in [1.82, 2.24) is 16.0 Å². The number of likely N-dealkylation sites (N-methyl/N-ethyl adjacent to an activating group) is 1. The minimum Gasteiger partial charge on any atom is -0.355 e. The van der Waals surface area contributed by atoms with E-state index in [9.17, 15) is 9.59 Å². The molecule has 0 rings (SSSR count). The summed E-state index contributed by atoms with van der Waals surface area (Å²) in [5.74, 6) is -0.261. The molecule has 5 nitrogen and oxygen atoms in total. The fourth-order valence-corrected chi connectivity index (χ4v) is 0.945. The maximum Gasteiger partial charge on any atom is 0.242 e. The Morgan fingerprint density at radius 1 is 1.36 bits per heavy atom. The third kappa shape index (κ3) is 5.53. The lowest BCUT2D eigenvalue weighted by atomic mass is 10.3. The molecule has 1 unspecified atom stereocenters. The number of carbonyl (C=O) groups is 2. The average molecular weight is 201 g/mol. The molecular weight excluding hydrogens is 182 g/mol. The lowest BCUT2D eigenvalue weighted by molar-refractivity contribution is -0.128. The van der Waals surface area contributed by atoms with E-state index in [-0.39, 0.29) is 11.8 Å². The van der Waals surface area contributed by atoms with Crippen molar-refractivity contribution in [3.05, 3.63) is 0 Å². The molecule has 0 aromatic heterocycles. The number of carbonyl (C=O) groups excluding carboxylic acids is 2. The summed E-state index contributed by atoms with van der Waals surface area (Å²) in [4.78, 5) is 22.4. The lowest BCUT2D eigenvalue weighted by Crippen LogP contribution is -2.45. The highest BCUT2D eigenvalue weighted by atomic mass is 16.2. The highest BCUT2D eigenvalue weighted by molar-refractivity contribution is 5.87. The highest BCUT2D eigenvalue weighted by Crippen LogP contribution is 1.84. The molecule has 0 aliphatic rings. The molecule has 82 valence electrons. The zero-order valence-electron chi connectivity index (χ0n) is 9.02. The molecule has 0 aromatic rings. The van der Waals surface area contributed by atoms with Gasteiger partial charge in [0.15, 0.2) is 0 Å². The van der Waals surface area contributed by atoms with Crippen LogP contribution in [0.1, 0.15) is 20.3 Å². The molecule has 0 heterocycles. The van der Waals surface area contributed by atoms with Gasteiger partial charge >= 0.3 is 0 Å². The van der Waals surface area contributed by atoms with Crippen molar-refractivity contribution in [1.29, 1.82) is 0 Å². The van der Waals surface area contributed by atoms with Crippen LogP contribution < -0.4 is 16.0 Å². The van der Waals surface area contributed by atoms with Crippen LogP contribution in [0.25, 0.3) is 0 Å². The van der Waals surface area contributed by atoms with Crippen molar-refractivity contribution >= 4 is 11.8 Å². The van der Waals surface area contributed by atoms with Crippen LogP contribution in [0.3, 0.4) is 0 Å². The second-order valence-corrected chi connectivity index (χ2v) is 3.04. The Bertz CT molecular complexity index is 194. The molecule has 0 aromatic carbocycles. The number of amides is 2. The first-order valence-electron chi connectivity index (χ1n) is 4.83. The average Bonchev–Trinajstić information content (AvgIpc) is 2.15. The van der Waals surface area contributed by atoms with Gasteiger partial charge in [-0.25, -0.2) is 0 Å². The minimum absolute atomic E-state index is 0.113. The Morgan fingerprint density at radius 2 is 2.00 bits per heavy atom. The van der Waals surface area contributed by atoms with Crippen LogP contribution in [0.4, 0.5) is 0 Å². The largest absolute Gasteiger partial charge is 0.355 e. The summed E-state index contributed by atoms with van der Waals surface area (Å²) in [6.07, 6.45) is 0.389. The topological polar surface area (TPSA) is 70.2 Å². The quantitative estimate of drug-likeness (QED) is 0.529. The minimum atomic E-state index is -0.459. The Kier molecular flexibility index (Phi) is 6.74. The van der Waals surface area contributed by atoms with Crippen LogP contribution in [0.15, 0.2) is 0 Å². The predicted molar refractivity (Wildman–Crippen MR) is 54.8 cm³/mol. The van der Waals surface area contributed by atoms with Crippen LogP contribution in [-0.2, 0) is 9.59 Å². The maximum atomic E-state index is 11.2. The zero-order chi connectivity index (χ0) is 11.0. The molecule has 0 radical (unpaired) electrons. The summed E-state index contributed by atoms with van der Waals surface area (Å²) in [6.45, 7) is 4.71. The van der Waals surface area contributed by atoms with Crippen molar-refractivity contribution in [2.45, 2.75) is 26.3 Å². The van der Waals surface area contributed by atoms with Crippen molar-refractivity contribution in [3.63, 3.8) is 0 Å². The Hall–Kier alpha value is -1.10. The predicted octanol–water partition coefficient (Wildman–Crippen LogP) is -0.763. The van der Waals surface area contributed by atoms with Crippen molar-refractivity contribution < 1.29 is 9.59 Å². The van der Waals surface area contributed by atoms with E-state index in [4.69, 9.17) is 0 Å². The standard InChI is InChI=1S/C9H19N3O2/c1-4-11-9(14)7(2)12-8(13)5-6-10-3/h7,10H,4-6H2,1-3H3,(H,11,14)(H,12,13). The zero-order valence-corrected chi connectivity index (χ0v) is 9.02. The van der Waals surface area contributed by atoms with Crippen molar-refractivity contribution in [3.8, 4) is 0 Å². The normalized spacial score (nSPS) is 11.9. The van der Waals surface area contributed by atoms with Crippen LogP contribution in [0.5, 0.6) is 0 Å². The second kappa shape index (κ2) is 7.32. The van der Waals surface area contributed by atoms with Gasteiger partial charge < -0.3 is 16.0 Å². The van der Waals surface area contributed by atoms with Gasteiger partial charge in [0, 0.05) is 19.5 Å². The molecule has 5 heteroatoms. The van der Waals surface area contributed by atoms with Gasteiger partial charge in [-0.05, 0) is 20.9 Å². The summed E-state index contributed by atoms with van der Waals surface area (Å²) >= 11 is 0. The highest BCUT2D eigenvalue weighted by Gasteiger charge is 2.13. The summed E-state index contributed by atoms with van der Waals surface area (Å²) < 4.78 is 0. The molecule has 0 fully saturated rings. The second-order valence-electron chi connectivity index (χ2n) is 3.04. The number of hydrogen-bond acceptors (Lipinski definition) is 3. The van der Waals surface area contributed by atoms with Crippen LogP contribution in [0.2, 0.25) is 0 Å². The van der Waals surface area contributed by atoms with E-state index in [1.165, 1.54) is 0 Å². The molecule has 0 saturated carbocycles. The fourth-order valence-electron chi connectivity index (χ4n) is 0.945. The summed E-state index contributed by atoms with van der Waals surface area (Å²) in [7, 11) is 1.78. The SMILES string of the molecule is CCNC(=O)C(C)NC(=O)CCNC. The van der Waals surface area contributed by atoms with Gasteiger partial charge in [0.25, 0.3) is 0 Å². The van der Waals surface area contributed by atoms with E-state index >= 15 is 0 Å². The monoisotopic (exact) mass is 201 g/mol. The maximum absolute atomic E-state index is 11.2. The molecular formula is C9H19N3O2. The third-order valence-corrected chi connectivity index (χ3v) is 1.72. The van der Waals surface area contributed by atoms with Gasteiger partial charge in [0.2, 0.25) is 11.8 Å². The van der Waals surface area contributed by atoms with Crippen molar-refractivity contribution in [2.24, 2.45) is 0 Å². The number of nitrogens with one attached hydrogen (secondary N) is 3. The van der Waals surface area contributed by atoms with E-state index in [1.54, 1.807) is 14.0 Å². The smallest absolute Gasteiger partial charge is 0.242 e. The number of hydrogen-bond donors (Lipinski definition) is 3. The van der Waals surface area contributed by atoms with Gasteiger partial charge in [-0.1, -0.05) is 0 Å². The van der Waals surface area contributed by atoms with Crippen LogP contribution in [0, 0.1) is 0 Å². The van der Waals surface area contributed by atoms with Gasteiger partial charge in [-0.3, -0.25) is 9.59 Å². The number of rotatable bonds is 6. The summed E-state index contributed by atoms with van der Waals surface area (Å²) in [5.41, 5.74) is 0. The third-order valence-electron chi connectivity index (χ3n) is 1.72. The van der Waals surface area contributed by atoms with Crippen molar-refractivity contribution in [2.75, 3.05) is 20.1 Å². The van der Waals surface area contributed by atoms with Gasteiger partial charge in [0.1, 0.15) is 6.04 Å². The van der Waals surface area contributed by atoms with Gasteiger partial charge in [-0.2, -0.15) is 0 Å². The molecule has 0 aliphatic heterocycles. The summed E-state index contributed by atoms with van der Waals surface area (Å²) in [5, 5.41) is 8.11. The summed E-state index contributed by atoms with van der Waals surface area (Å²) in [6, 6.07) is -0.459. The molecule has 0 spiro atoms. The van der Waals surface area contributed by atoms with Crippen LogP contribution >= 0.6 is 0 Å². The Labute approximate surface area is 84.6 Å². The first-order chi connectivity index (χ1) is 6.61. The fraction of sp³-hybridized carbons (Fsp3) is 0.778. The van der Waals surface area contributed by atoms with Gasteiger partial charge in [0.05, 0.1) is 0 Å². The molecule has 14 heavy (non-hydrogen) atoms. The molecule has 0 aliphatic carbocycles. The van der Waals surface area contributed by atoms with E-state index in [2.05, 4.69) is 16.0 Å². The molecule has 0 saturated heterocycles. The van der Waals surface area contributed by atoms with Crippen LogP contribution in [-0.4, -0.2) is 38.0 Å². The molecule has 3 N–H and O–H groups in total. The molecule has 2 amide bonds. The van der Waals surface area contributed by atoms with Gasteiger partial charge in [-0.15, -0.1) is 0 Å². The van der Waals surface area contributed by atoms with E-state index < -0.39 is 6.04 Å². The Morgan fingerprint density at radius 3 is 2.50 bits per heavy atom. The lowest BCUT2D eigenvalue weighted by Gasteiger charge is -2.12. The molecule has 1 atom stereocenters. The first-order valence-corrected chi connectivity index (χ1v) is 4.83. The molecule has 0 bridgehead atoms. The van der Waals surface area contributed by atoms with E-state index in [0.717, 1.165) is 0 Å². The Balaban J connectivity index is 3.75. The van der Waals surface area contributed by atoms with E-state index in [0.29, 0.717) is 19.5 Å². The van der Waals surface area contributed by atoms with E-state index in [1.807, 2.05) is 6.92 Å².